The molecule has 1 heterocycles. The minimum atomic E-state index is -1.75. The highest BCUT2D eigenvalue weighted by molar-refractivity contribution is 5.07. The third kappa shape index (κ3) is 4.15. The Morgan fingerprint density at radius 3 is 2.24 bits per heavy atom. The Bertz CT molecular complexity index is 312. The van der Waals surface area contributed by atoms with Gasteiger partial charge in [0.1, 0.15) is 18.3 Å². The van der Waals surface area contributed by atoms with Crippen molar-refractivity contribution in [3.8, 4) is 0 Å². The molecule has 0 aromatic carbocycles. The molecule has 1 saturated heterocycles. The molecular formula is C15H31NO5. The lowest BCUT2D eigenvalue weighted by Crippen LogP contribution is -2.75. The molecule has 0 bridgehead atoms. The maximum atomic E-state index is 10.7. The number of aliphatic hydroxyl groups excluding tert-OH is 3. The number of nitrogens with two attached hydrogens (primary N) is 1. The van der Waals surface area contributed by atoms with Gasteiger partial charge in [0, 0.05) is 6.42 Å². The van der Waals surface area contributed by atoms with Crippen LogP contribution in [0.1, 0.15) is 58.8 Å². The normalized spacial score (nSPS) is 40.4. The molecule has 126 valence electrons. The zero-order valence-electron chi connectivity index (χ0n) is 13.2. The van der Waals surface area contributed by atoms with Crippen LogP contribution >= 0.6 is 0 Å². The number of rotatable bonds is 8. The first-order valence-corrected chi connectivity index (χ1v) is 7.96. The number of unbranched alkanes of at least 4 members (excludes halogenated alkanes) is 5. The topological polar surface area (TPSA) is 116 Å². The van der Waals surface area contributed by atoms with Crippen LogP contribution in [-0.2, 0) is 4.74 Å². The van der Waals surface area contributed by atoms with E-state index in [1.54, 1.807) is 0 Å². The van der Waals surface area contributed by atoms with Crippen LogP contribution in [0.4, 0.5) is 0 Å². The summed E-state index contributed by atoms with van der Waals surface area (Å²) in [7, 11) is 0. The van der Waals surface area contributed by atoms with Gasteiger partial charge in [-0.1, -0.05) is 39.0 Å². The minimum Gasteiger partial charge on any atom is -0.394 e. The lowest BCUT2D eigenvalue weighted by Gasteiger charge is -2.52. The molecule has 0 aromatic heterocycles. The summed E-state index contributed by atoms with van der Waals surface area (Å²) < 4.78 is 5.42. The highest BCUT2D eigenvalue weighted by Crippen LogP contribution is 2.38. The number of aliphatic hydroxyl groups is 4. The largest absolute Gasteiger partial charge is 0.394 e. The van der Waals surface area contributed by atoms with Crippen LogP contribution in [0.5, 0.6) is 0 Å². The van der Waals surface area contributed by atoms with Crippen LogP contribution in [0, 0.1) is 0 Å². The number of hydrogen-bond acceptors (Lipinski definition) is 6. The summed E-state index contributed by atoms with van der Waals surface area (Å²) in [6, 6.07) is 0. The summed E-state index contributed by atoms with van der Waals surface area (Å²) in [4.78, 5) is 0. The van der Waals surface area contributed by atoms with Gasteiger partial charge >= 0.3 is 0 Å². The predicted octanol–water partition coefficient (Wildman–Crippen LogP) is 0.256. The average Bonchev–Trinajstić information content (AvgIpc) is 2.45. The van der Waals surface area contributed by atoms with E-state index in [0.717, 1.165) is 19.3 Å². The van der Waals surface area contributed by atoms with Crippen molar-refractivity contribution in [3.05, 3.63) is 0 Å². The highest BCUT2D eigenvalue weighted by atomic mass is 16.6. The van der Waals surface area contributed by atoms with Crippen LogP contribution in [-0.4, -0.2) is 56.7 Å². The fourth-order valence-corrected chi connectivity index (χ4v) is 2.85. The van der Waals surface area contributed by atoms with Crippen molar-refractivity contribution in [3.63, 3.8) is 0 Å². The summed E-state index contributed by atoms with van der Waals surface area (Å²) in [5.41, 5.74) is 4.52. The second-order valence-corrected chi connectivity index (χ2v) is 6.36. The summed E-state index contributed by atoms with van der Waals surface area (Å²) in [5.74, 6) is -1.75. The van der Waals surface area contributed by atoms with E-state index in [9.17, 15) is 20.4 Å². The quantitative estimate of drug-likeness (QED) is 0.411. The van der Waals surface area contributed by atoms with Crippen LogP contribution in [0.3, 0.4) is 0 Å². The van der Waals surface area contributed by atoms with E-state index in [1.165, 1.54) is 19.8 Å². The molecule has 6 heteroatoms. The molecule has 0 aliphatic carbocycles. The number of ether oxygens (including phenoxy) is 1. The molecule has 1 aliphatic heterocycles. The van der Waals surface area contributed by atoms with Crippen LogP contribution < -0.4 is 5.73 Å². The Hall–Kier alpha value is -0.240. The van der Waals surface area contributed by atoms with Crippen molar-refractivity contribution in [1.29, 1.82) is 0 Å². The maximum absolute atomic E-state index is 10.7. The van der Waals surface area contributed by atoms with Crippen LogP contribution in [0.25, 0.3) is 0 Å². The van der Waals surface area contributed by atoms with E-state index < -0.39 is 36.2 Å². The van der Waals surface area contributed by atoms with Gasteiger partial charge in [0.15, 0.2) is 5.79 Å². The van der Waals surface area contributed by atoms with E-state index in [1.807, 2.05) is 0 Å². The smallest absolute Gasteiger partial charge is 0.186 e. The Labute approximate surface area is 126 Å². The SMILES string of the molecule is CCCCCCCCC1(O)O[C@H](CO)[C@@H](O)[C@H](O)[C@@]1(C)N. The van der Waals surface area contributed by atoms with E-state index >= 15 is 0 Å². The molecule has 0 amide bonds. The minimum absolute atomic E-state index is 0.270. The molecule has 21 heavy (non-hydrogen) atoms. The van der Waals surface area contributed by atoms with Crippen LogP contribution in [0.15, 0.2) is 0 Å². The zero-order chi connectivity index (χ0) is 16.1. The molecule has 0 saturated carbocycles. The van der Waals surface area contributed by atoms with Gasteiger partial charge in [0.05, 0.1) is 12.1 Å². The molecule has 0 spiro atoms. The fourth-order valence-electron chi connectivity index (χ4n) is 2.85. The monoisotopic (exact) mass is 305 g/mol. The van der Waals surface area contributed by atoms with Gasteiger partial charge in [-0.3, -0.25) is 0 Å². The van der Waals surface area contributed by atoms with Gasteiger partial charge in [-0.05, 0) is 13.3 Å². The first kappa shape index (κ1) is 18.8. The zero-order valence-corrected chi connectivity index (χ0v) is 13.2. The molecule has 1 aliphatic rings. The van der Waals surface area contributed by atoms with Gasteiger partial charge in [-0.2, -0.15) is 0 Å². The molecule has 1 rings (SSSR count). The Balaban J connectivity index is 2.59. The van der Waals surface area contributed by atoms with Gasteiger partial charge < -0.3 is 30.9 Å². The maximum Gasteiger partial charge on any atom is 0.186 e. The lowest BCUT2D eigenvalue weighted by molar-refractivity contribution is -0.341. The van der Waals surface area contributed by atoms with Crippen molar-refractivity contribution in [2.75, 3.05) is 6.61 Å². The first-order chi connectivity index (χ1) is 9.80. The third-order valence-electron chi connectivity index (χ3n) is 4.56. The van der Waals surface area contributed by atoms with Crippen molar-refractivity contribution in [2.45, 2.75) is 88.4 Å². The first-order valence-electron chi connectivity index (χ1n) is 7.96. The molecule has 6 nitrogen and oxygen atoms in total. The summed E-state index contributed by atoms with van der Waals surface area (Å²) in [6.07, 6.45) is 2.87. The van der Waals surface area contributed by atoms with E-state index in [4.69, 9.17) is 10.5 Å². The van der Waals surface area contributed by atoms with Crippen LogP contribution in [0.2, 0.25) is 0 Å². The molecule has 6 N–H and O–H groups in total. The van der Waals surface area contributed by atoms with Crippen molar-refractivity contribution in [1.82, 2.24) is 0 Å². The summed E-state index contributed by atoms with van der Waals surface area (Å²) >= 11 is 0. The Kier molecular flexibility index (Phi) is 7.03. The van der Waals surface area contributed by atoms with Crippen molar-refractivity contribution >= 4 is 0 Å². The highest BCUT2D eigenvalue weighted by Gasteiger charge is 2.58. The second kappa shape index (κ2) is 7.85. The van der Waals surface area contributed by atoms with E-state index in [0.29, 0.717) is 6.42 Å². The van der Waals surface area contributed by atoms with Gasteiger partial charge in [0.25, 0.3) is 0 Å². The third-order valence-corrected chi connectivity index (χ3v) is 4.56. The molecule has 5 atom stereocenters. The predicted molar refractivity (Wildman–Crippen MR) is 79.5 cm³/mol. The molecule has 0 aromatic rings. The van der Waals surface area contributed by atoms with E-state index in [-0.39, 0.29) is 6.42 Å². The summed E-state index contributed by atoms with van der Waals surface area (Å²) in [6.45, 7) is 3.14. The number of hydrogen-bond donors (Lipinski definition) is 5. The molecular weight excluding hydrogens is 274 g/mol. The second-order valence-electron chi connectivity index (χ2n) is 6.36. The lowest BCUT2D eigenvalue weighted by atomic mass is 9.77. The average molecular weight is 305 g/mol. The summed E-state index contributed by atoms with van der Waals surface area (Å²) in [5, 5.41) is 39.8. The van der Waals surface area contributed by atoms with E-state index in [2.05, 4.69) is 6.92 Å². The molecule has 1 fully saturated rings. The van der Waals surface area contributed by atoms with Gasteiger partial charge in [0.2, 0.25) is 0 Å². The Morgan fingerprint density at radius 1 is 1.10 bits per heavy atom. The van der Waals surface area contributed by atoms with Crippen molar-refractivity contribution < 1.29 is 25.2 Å². The molecule has 0 radical (unpaired) electrons. The van der Waals surface area contributed by atoms with Crippen molar-refractivity contribution in [2.24, 2.45) is 5.73 Å². The van der Waals surface area contributed by atoms with Gasteiger partial charge in [-0.25, -0.2) is 0 Å². The standard InChI is InChI=1S/C15H31NO5/c1-3-4-5-6-7-8-9-15(20)14(2,16)13(19)12(18)11(10-17)21-15/h11-13,17-20H,3-10,16H2,1-2H3/t11-,12-,13+,14-,15?/m1/s1. The molecule has 1 unspecified atom stereocenters. The fraction of sp³-hybridized carbons (Fsp3) is 1.00. The van der Waals surface area contributed by atoms with Gasteiger partial charge in [-0.15, -0.1) is 0 Å². The Morgan fingerprint density at radius 2 is 1.67 bits per heavy atom.